The van der Waals surface area contributed by atoms with E-state index in [0.717, 1.165) is 18.5 Å². The molecule has 0 spiro atoms. The van der Waals surface area contributed by atoms with Crippen LogP contribution in [0.15, 0.2) is 35.2 Å². The highest BCUT2D eigenvalue weighted by Crippen LogP contribution is 2.44. The fraction of sp³-hybridized carbons (Fsp3) is 0.615. The zero-order valence-corrected chi connectivity index (χ0v) is 22.2. The van der Waals surface area contributed by atoms with Crippen molar-refractivity contribution >= 4 is 27.3 Å². The molecule has 2 aromatic rings. The van der Waals surface area contributed by atoms with Crippen molar-refractivity contribution in [3.63, 3.8) is 0 Å². The van der Waals surface area contributed by atoms with Crippen molar-refractivity contribution in [2.45, 2.75) is 67.4 Å². The van der Waals surface area contributed by atoms with Crippen molar-refractivity contribution in [2.24, 2.45) is 0 Å². The molecular formula is C26H35F2N5O3S. The number of aromatic nitrogens is 2. The summed E-state index contributed by atoms with van der Waals surface area (Å²) in [6, 6.07) is 10.5. The van der Waals surface area contributed by atoms with Crippen LogP contribution in [0.1, 0.15) is 44.2 Å². The molecule has 202 valence electrons. The Hall–Kier alpha value is -2.53. The standard InChI is InChI=1S/C26H35F2N5O3S/c1-32(19-8-4-3-5-9-19)20-10-15-33(16-11-20)23-22-21(12-17-37(22,34)35)30-24(31-23)29-18-26(27,28)25(36-2)13-6-7-14-25/h3-5,8-9,20H,6-7,10-18H2,1-2H3,(H,29,30,31). The lowest BCUT2D eigenvalue weighted by atomic mass is 9.93. The number of para-hydroxylation sites is 1. The van der Waals surface area contributed by atoms with Crippen molar-refractivity contribution in [3.8, 4) is 0 Å². The molecular weight excluding hydrogens is 500 g/mol. The van der Waals surface area contributed by atoms with Crippen molar-refractivity contribution in [1.29, 1.82) is 0 Å². The van der Waals surface area contributed by atoms with E-state index in [0.29, 0.717) is 56.3 Å². The summed E-state index contributed by atoms with van der Waals surface area (Å²) in [5.74, 6) is -2.79. The SMILES string of the molecule is COC1(C(F)(F)CNc2nc3c(c(N4CCC(N(C)c5ccccc5)CC4)n2)S(=O)(=O)CC3)CCCC1. The van der Waals surface area contributed by atoms with Crippen LogP contribution in [-0.2, 0) is 21.0 Å². The summed E-state index contributed by atoms with van der Waals surface area (Å²) in [4.78, 5) is 13.2. The third kappa shape index (κ3) is 4.87. The third-order valence-electron chi connectivity index (χ3n) is 8.25. The van der Waals surface area contributed by atoms with Crippen LogP contribution in [0.3, 0.4) is 0 Å². The molecule has 2 fully saturated rings. The molecule has 1 aromatic carbocycles. The van der Waals surface area contributed by atoms with E-state index in [1.54, 1.807) is 0 Å². The summed E-state index contributed by atoms with van der Waals surface area (Å²) in [6.45, 7) is 0.558. The number of fused-ring (bicyclic) bond motifs is 1. The van der Waals surface area contributed by atoms with Crippen molar-refractivity contribution in [1.82, 2.24) is 9.97 Å². The number of hydrogen-bond acceptors (Lipinski definition) is 8. The minimum absolute atomic E-state index is 0.0381. The van der Waals surface area contributed by atoms with Gasteiger partial charge in [0.2, 0.25) is 5.95 Å². The van der Waals surface area contributed by atoms with E-state index in [1.165, 1.54) is 7.11 Å². The first-order valence-corrected chi connectivity index (χ1v) is 14.6. The average molecular weight is 536 g/mol. The summed E-state index contributed by atoms with van der Waals surface area (Å²) in [6.07, 6.45) is 3.92. The highest BCUT2D eigenvalue weighted by Gasteiger charge is 2.55. The quantitative estimate of drug-likeness (QED) is 0.544. The number of hydrogen-bond donors (Lipinski definition) is 1. The second-order valence-corrected chi connectivity index (χ2v) is 12.4. The molecule has 3 heterocycles. The molecule has 0 amide bonds. The van der Waals surface area contributed by atoms with Gasteiger partial charge in [-0.25, -0.2) is 22.2 Å². The Labute approximate surface area is 217 Å². The first-order chi connectivity index (χ1) is 17.7. The predicted molar refractivity (Wildman–Crippen MR) is 140 cm³/mol. The van der Waals surface area contributed by atoms with Gasteiger partial charge in [0.15, 0.2) is 15.7 Å². The van der Waals surface area contributed by atoms with E-state index >= 15 is 8.78 Å². The molecule has 0 radical (unpaired) electrons. The zero-order valence-electron chi connectivity index (χ0n) is 21.4. The van der Waals surface area contributed by atoms with Gasteiger partial charge in [0.25, 0.3) is 5.92 Å². The van der Waals surface area contributed by atoms with Gasteiger partial charge in [-0.3, -0.25) is 0 Å². The average Bonchev–Trinajstić information content (AvgIpc) is 3.53. The fourth-order valence-electron chi connectivity index (χ4n) is 5.95. The van der Waals surface area contributed by atoms with Gasteiger partial charge < -0.3 is 19.9 Å². The maximum atomic E-state index is 15.2. The Morgan fingerprint density at radius 2 is 1.84 bits per heavy atom. The number of piperidine rings is 1. The third-order valence-corrected chi connectivity index (χ3v) is 10.0. The molecule has 0 bridgehead atoms. The summed E-state index contributed by atoms with van der Waals surface area (Å²) in [7, 11) is -0.107. The van der Waals surface area contributed by atoms with E-state index in [4.69, 9.17) is 4.74 Å². The lowest BCUT2D eigenvalue weighted by Crippen LogP contribution is -2.51. The van der Waals surface area contributed by atoms with E-state index < -0.39 is 27.9 Å². The van der Waals surface area contributed by atoms with Crippen LogP contribution in [0.2, 0.25) is 0 Å². The van der Waals surface area contributed by atoms with E-state index in [1.807, 2.05) is 23.1 Å². The molecule has 1 saturated carbocycles. The zero-order chi connectivity index (χ0) is 26.3. The monoisotopic (exact) mass is 535 g/mol. The molecule has 11 heteroatoms. The number of rotatable bonds is 8. The Morgan fingerprint density at radius 1 is 1.16 bits per heavy atom. The van der Waals surface area contributed by atoms with Gasteiger partial charge in [-0.1, -0.05) is 31.0 Å². The number of halogens is 2. The van der Waals surface area contributed by atoms with Crippen LogP contribution in [0.4, 0.5) is 26.2 Å². The Bertz CT molecular complexity index is 1210. The molecule has 1 saturated heterocycles. The van der Waals surface area contributed by atoms with Gasteiger partial charge in [0.1, 0.15) is 10.5 Å². The highest BCUT2D eigenvalue weighted by molar-refractivity contribution is 7.91. The Kier molecular flexibility index (Phi) is 7.04. The van der Waals surface area contributed by atoms with Gasteiger partial charge in [-0.15, -0.1) is 0 Å². The number of benzene rings is 1. The molecule has 37 heavy (non-hydrogen) atoms. The lowest BCUT2D eigenvalue weighted by molar-refractivity contribution is -0.185. The maximum Gasteiger partial charge on any atom is 0.293 e. The van der Waals surface area contributed by atoms with E-state index in [-0.39, 0.29) is 23.0 Å². The largest absolute Gasteiger partial charge is 0.372 e. The number of sulfone groups is 1. The molecule has 1 N–H and O–H groups in total. The van der Waals surface area contributed by atoms with Crippen molar-refractivity contribution in [3.05, 3.63) is 36.0 Å². The number of ether oxygens (including phenoxy) is 1. The molecule has 0 unspecified atom stereocenters. The minimum Gasteiger partial charge on any atom is -0.372 e. The second-order valence-electron chi connectivity index (χ2n) is 10.3. The van der Waals surface area contributed by atoms with Crippen LogP contribution in [0, 0.1) is 0 Å². The lowest BCUT2D eigenvalue weighted by Gasteiger charge is -2.39. The Balaban J connectivity index is 1.35. The topological polar surface area (TPSA) is 87.7 Å². The van der Waals surface area contributed by atoms with Gasteiger partial charge in [0.05, 0.1) is 18.0 Å². The second kappa shape index (κ2) is 9.98. The molecule has 1 aliphatic carbocycles. The molecule has 0 atom stereocenters. The van der Waals surface area contributed by atoms with Crippen LogP contribution in [0.25, 0.3) is 0 Å². The summed E-state index contributed by atoms with van der Waals surface area (Å²) in [5, 5.41) is 2.72. The van der Waals surface area contributed by atoms with Crippen LogP contribution in [0.5, 0.6) is 0 Å². The highest BCUT2D eigenvalue weighted by atomic mass is 32.2. The van der Waals surface area contributed by atoms with E-state index in [9.17, 15) is 8.42 Å². The molecule has 8 nitrogen and oxygen atoms in total. The summed E-state index contributed by atoms with van der Waals surface area (Å²) >= 11 is 0. The summed E-state index contributed by atoms with van der Waals surface area (Å²) in [5.41, 5.74) is 0.0480. The van der Waals surface area contributed by atoms with Crippen molar-refractivity contribution < 1.29 is 21.9 Å². The number of aryl methyl sites for hydroxylation is 1. The van der Waals surface area contributed by atoms with Gasteiger partial charge in [-0.2, -0.15) is 4.98 Å². The molecule has 3 aliphatic rings. The minimum atomic E-state index is -3.52. The van der Waals surface area contributed by atoms with Crippen molar-refractivity contribution in [2.75, 3.05) is 54.7 Å². The fourth-order valence-corrected chi connectivity index (χ4v) is 7.58. The van der Waals surface area contributed by atoms with Gasteiger partial charge in [0, 0.05) is 45.4 Å². The van der Waals surface area contributed by atoms with Gasteiger partial charge in [-0.05, 0) is 37.8 Å². The normalized spacial score (nSPS) is 21.1. The molecule has 1 aromatic heterocycles. The number of anilines is 3. The first-order valence-electron chi connectivity index (χ1n) is 13.0. The Morgan fingerprint density at radius 3 is 2.49 bits per heavy atom. The van der Waals surface area contributed by atoms with Crippen LogP contribution in [-0.4, -0.2) is 75.5 Å². The number of nitrogens with one attached hydrogen (secondary N) is 1. The van der Waals surface area contributed by atoms with Crippen LogP contribution < -0.4 is 15.1 Å². The molecule has 2 aliphatic heterocycles. The number of methoxy groups -OCH3 is 1. The van der Waals surface area contributed by atoms with Crippen LogP contribution >= 0.6 is 0 Å². The van der Waals surface area contributed by atoms with E-state index in [2.05, 4.69) is 39.4 Å². The molecule has 5 rings (SSSR count). The maximum absolute atomic E-state index is 15.2. The number of alkyl halides is 2. The predicted octanol–water partition coefficient (Wildman–Crippen LogP) is 3.92. The van der Waals surface area contributed by atoms with Gasteiger partial charge >= 0.3 is 0 Å². The number of nitrogens with zero attached hydrogens (tertiary/aromatic N) is 4. The summed E-state index contributed by atoms with van der Waals surface area (Å²) < 4.78 is 61.5. The first kappa shape index (κ1) is 26.1. The smallest absolute Gasteiger partial charge is 0.293 e.